The van der Waals surface area contributed by atoms with Gasteiger partial charge in [-0.05, 0) is 55.0 Å². The van der Waals surface area contributed by atoms with E-state index in [-0.39, 0.29) is 29.9 Å². The van der Waals surface area contributed by atoms with Crippen LogP contribution >= 0.6 is 24.0 Å². The first-order valence-corrected chi connectivity index (χ1v) is 11.1. The summed E-state index contributed by atoms with van der Waals surface area (Å²) in [5.74, 6) is 1.97. The Kier molecular flexibility index (Phi) is 10.8. The van der Waals surface area contributed by atoms with Crippen LogP contribution in [0.2, 0.25) is 0 Å². The van der Waals surface area contributed by atoms with Crippen molar-refractivity contribution >= 4 is 35.8 Å². The second-order valence-corrected chi connectivity index (χ2v) is 7.86. The fourth-order valence-electron chi connectivity index (χ4n) is 3.79. The van der Waals surface area contributed by atoms with Gasteiger partial charge in [0, 0.05) is 32.6 Å². The van der Waals surface area contributed by atoms with Crippen molar-refractivity contribution < 1.29 is 9.53 Å². The molecule has 0 atom stereocenters. The minimum atomic E-state index is 0. The molecular formula is C25H35IN4O2. The predicted octanol–water partition coefficient (Wildman–Crippen LogP) is 4.04. The average molecular weight is 550 g/mol. The number of rotatable bonds is 9. The molecule has 7 heteroatoms. The van der Waals surface area contributed by atoms with Gasteiger partial charge in [0.05, 0.1) is 13.7 Å². The maximum absolute atomic E-state index is 12.0. The summed E-state index contributed by atoms with van der Waals surface area (Å²) >= 11 is 0. The molecule has 2 aromatic rings. The number of amides is 1. The fourth-order valence-corrected chi connectivity index (χ4v) is 3.79. The SMILES string of the molecule is CCNC(=NCc1ccccc1CN1CCCC1=O)NCCc1ccc(C)c(OC)c1.I. The van der Waals surface area contributed by atoms with Crippen molar-refractivity contribution in [1.82, 2.24) is 15.5 Å². The Morgan fingerprint density at radius 2 is 1.94 bits per heavy atom. The van der Waals surface area contributed by atoms with E-state index >= 15 is 0 Å². The number of hydrogen-bond donors (Lipinski definition) is 2. The lowest BCUT2D eigenvalue weighted by atomic mass is 10.1. The van der Waals surface area contributed by atoms with E-state index in [4.69, 9.17) is 9.73 Å². The Bertz CT molecular complexity index is 917. The van der Waals surface area contributed by atoms with Crippen LogP contribution in [0.25, 0.3) is 0 Å². The first-order valence-electron chi connectivity index (χ1n) is 11.1. The smallest absolute Gasteiger partial charge is 0.222 e. The molecule has 2 N–H and O–H groups in total. The molecule has 0 spiro atoms. The molecule has 2 aromatic carbocycles. The quantitative estimate of drug-likeness (QED) is 0.281. The van der Waals surface area contributed by atoms with Crippen molar-refractivity contribution in [2.75, 3.05) is 26.7 Å². The number of benzene rings is 2. The Morgan fingerprint density at radius 3 is 2.62 bits per heavy atom. The first kappa shape index (κ1) is 26.0. The van der Waals surface area contributed by atoms with E-state index in [1.807, 2.05) is 24.0 Å². The standard InChI is InChI=1S/C25H34N4O2.HI/c1-4-26-25(27-14-13-20-12-11-19(2)23(16-20)31-3)28-17-21-8-5-6-9-22(21)18-29-15-7-10-24(29)30;/h5-6,8-9,11-12,16H,4,7,10,13-15,17-18H2,1-3H3,(H2,26,27,28);1H. The van der Waals surface area contributed by atoms with Crippen LogP contribution in [0.3, 0.4) is 0 Å². The van der Waals surface area contributed by atoms with E-state index in [0.717, 1.165) is 55.3 Å². The maximum atomic E-state index is 12.0. The van der Waals surface area contributed by atoms with Crippen LogP contribution in [-0.4, -0.2) is 43.5 Å². The number of carbonyl (C=O) groups is 1. The highest BCUT2D eigenvalue weighted by Crippen LogP contribution is 2.19. The molecule has 0 unspecified atom stereocenters. The molecule has 1 amide bonds. The molecule has 1 aliphatic heterocycles. The molecule has 0 bridgehead atoms. The normalized spacial score (nSPS) is 13.7. The second-order valence-electron chi connectivity index (χ2n) is 7.86. The van der Waals surface area contributed by atoms with Gasteiger partial charge in [0.1, 0.15) is 5.75 Å². The van der Waals surface area contributed by atoms with Gasteiger partial charge < -0.3 is 20.3 Å². The van der Waals surface area contributed by atoms with Crippen molar-refractivity contribution in [3.63, 3.8) is 0 Å². The average Bonchev–Trinajstić information content (AvgIpc) is 3.18. The van der Waals surface area contributed by atoms with Crippen LogP contribution in [-0.2, 0) is 24.3 Å². The highest BCUT2D eigenvalue weighted by atomic mass is 127. The van der Waals surface area contributed by atoms with E-state index in [0.29, 0.717) is 19.5 Å². The van der Waals surface area contributed by atoms with Crippen LogP contribution in [0.1, 0.15) is 42.0 Å². The lowest BCUT2D eigenvalue weighted by Crippen LogP contribution is -2.38. The fraction of sp³-hybridized carbons (Fsp3) is 0.440. The molecule has 1 fully saturated rings. The van der Waals surface area contributed by atoms with Crippen LogP contribution < -0.4 is 15.4 Å². The van der Waals surface area contributed by atoms with Gasteiger partial charge >= 0.3 is 0 Å². The number of nitrogens with zero attached hydrogens (tertiary/aromatic N) is 2. The van der Waals surface area contributed by atoms with Crippen LogP contribution in [0.4, 0.5) is 0 Å². The highest BCUT2D eigenvalue weighted by molar-refractivity contribution is 14.0. The molecule has 1 aliphatic rings. The van der Waals surface area contributed by atoms with E-state index in [1.165, 1.54) is 11.1 Å². The van der Waals surface area contributed by atoms with Crippen molar-refractivity contribution in [2.45, 2.75) is 46.2 Å². The number of methoxy groups -OCH3 is 1. The van der Waals surface area contributed by atoms with Gasteiger partial charge in [-0.1, -0.05) is 36.4 Å². The largest absolute Gasteiger partial charge is 0.496 e. The highest BCUT2D eigenvalue weighted by Gasteiger charge is 2.20. The molecule has 1 heterocycles. The minimum Gasteiger partial charge on any atom is -0.496 e. The maximum Gasteiger partial charge on any atom is 0.222 e. The van der Waals surface area contributed by atoms with Crippen LogP contribution in [0, 0.1) is 6.92 Å². The lowest BCUT2D eigenvalue weighted by molar-refractivity contribution is -0.128. The van der Waals surface area contributed by atoms with Gasteiger partial charge in [-0.2, -0.15) is 0 Å². The third-order valence-corrected chi connectivity index (χ3v) is 5.58. The first-order chi connectivity index (χ1) is 15.1. The second kappa shape index (κ2) is 13.3. The van der Waals surface area contributed by atoms with Gasteiger partial charge in [-0.3, -0.25) is 4.79 Å². The van der Waals surface area contributed by atoms with E-state index in [1.54, 1.807) is 7.11 Å². The summed E-state index contributed by atoms with van der Waals surface area (Å²) in [5.41, 5.74) is 4.70. The molecule has 0 aliphatic carbocycles. The topological polar surface area (TPSA) is 66.0 Å². The van der Waals surface area contributed by atoms with Gasteiger partial charge in [-0.25, -0.2) is 4.99 Å². The molecule has 32 heavy (non-hydrogen) atoms. The Morgan fingerprint density at radius 1 is 1.16 bits per heavy atom. The molecule has 0 saturated carbocycles. The number of likely N-dealkylation sites (tertiary alicyclic amines) is 1. The molecular weight excluding hydrogens is 515 g/mol. The summed E-state index contributed by atoms with van der Waals surface area (Å²) in [4.78, 5) is 18.7. The number of aliphatic imine (C=N–C) groups is 1. The number of guanidine groups is 1. The van der Waals surface area contributed by atoms with E-state index in [9.17, 15) is 4.79 Å². The number of ether oxygens (including phenoxy) is 1. The van der Waals surface area contributed by atoms with Crippen LogP contribution in [0.15, 0.2) is 47.5 Å². The van der Waals surface area contributed by atoms with Gasteiger partial charge in [0.25, 0.3) is 0 Å². The lowest BCUT2D eigenvalue weighted by Gasteiger charge is -2.18. The molecule has 6 nitrogen and oxygen atoms in total. The van der Waals surface area contributed by atoms with E-state index in [2.05, 4.69) is 47.9 Å². The van der Waals surface area contributed by atoms with Gasteiger partial charge in [0.2, 0.25) is 5.91 Å². The number of carbonyl (C=O) groups excluding carboxylic acids is 1. The zero-order valence-electron chi connectivity index (χ0n) is 19.3. The Hall–Kier alpha value is -2.29. The number of hydrogen-bond acceptors (Lipinski definition) is 3. The van der Waals surface area contributed by atoms with Crippen molar-refractivity contribution in [1.29, 1.82) is 0 Å². The third-order valence-electron chi connectivity index (χ3n) is 5.58. The summed E-state index contributed by atoms with van der Waals surface area (Å²) in [6, 6.07) is 14.6. The van der Waals surface area contributed by atoms with Crippen molar-refractivity contribution in [3.05, 3.63) is 64.7 Å². The summed E-state index contributed by atoms with van der Waals surface area (Å²) in [5, 5.41) is 6.74. The van der Waals surface area contributed by atoms with Gasteiger partial charge in [-0.15, -0.1) is 24.0 Å². The number of nitrogens with one attached hydrogen (secondary N) is 2. The summed E-state index contributed by atoms with van der Waals surface area (Å²) in [6.45, 7) is 7.79. The molecule has 3 rings (SSSR count). The van der Waals surface area contributed by atoms with E-state index < -0.39 is 0 Å². The third kappa shape index (κ3) is 7.39. The van der Waals surface area contributed by atoms with Gasteiger partial charge in [0.15, 0.2) is 5.96 Å². The number of aryl methyl sites for hydroxylation is 1. The predicted molar refractivity (Wildman–Crippen MR) is 141 cm³/mol. The molecule has 174 valence electrons. The zero-order valence-corrected chi connectivity index (χ0v) is 21.6. The summed E-state index contributed by atoms with van der Waals surface area (Å²) in [7, 11) is 1.71. The van der Waals surface area contributed by atoms with Crippen molar-refractivity contribution in [3.8, 4) is 5.75 Å². The molecule has 0 aromatic heterocycles. The number of halogens is 1. The summed E-state index contributed by atoms with van der Waals surface area (Å²) in [6.07, 6.45) is 2.51. The monoisotopic (exact) mass is 550 g/mol. The van der Waals surface area contributed by atoms with Crippen LogP contribution in [0.5, 0.6) is 5.75 Å². The summed E-state index contributed by atoms with van der Waals surface area (Å²) < 4.78 is 5.42. The zero-order chi connectivity index (χ0) is 22.1. The van der Waals surface area contributed by atoms with Crippen molar-refractivity contribution in [2.24, 2.45) is 4.99 Å². The Balaban J connectivity index is 0.00000363. The molecule has 0 radical (unpaired) electrons. The Labute approximate surface area is 208 Å². The molecule has 1 saturated heterocycles. The minimum absolute atomic E-state index is 0.